The van der Waals surface area contributed by atoms with Gasteiger partial charge in [0.15, 0.2) is 16.9 Å². The van der Waals surface area contributed by atoms with Gasteiger partial charge in [0.25, 0.3) is 5.91 Å². The summed E-state index contributed by atoms with van der Waals surface area (Å²) in [7, 11) is 3.18. The van der Waals surface area contributed by atoms with Gasteiger partial charge in [0.05, 0.1) is 37.8 Å². The van der Waals surface area contributed by atoms with Crippen LogP contribution in [0.25, 0.3) is 11.0 Å². The lowest BCUT2D eigenvalue weighted by molar-refractivity contribution is 0.0730. The number of nitrogens with zero attached hydrogens (tertiary/aromatic N) is 1. The van der Waals surface area contributed by atoms with E-state index in [1.807, 2.05) is 49.4 Å². The van der Waals surface area contributed by atoms with Crippen LogP contribution in [0.4, 0.5) is 0 Å². The number of hydrogen-bond donors (Lipinski definition) is 0. The highest BCUT2D eigenvalue weighted by Crippen LogP contribution is 2.39. The molecular weight excluding hydrogens is 554 g/mol. The van der Waals surface area contributed by atoms with E-state index >= 15 is 0 Å². The molecule has 0 bridgehead atoms. The highest BCUT2D eigenvalue weighted by molar-refractivity contribution is 6.32. The average Bonchev–Trinajstić information content (AvgIpc) is 3.28. The van der Waals surface area contributed by atoms with Crippen LogP contribution < -0.4 is 19.6 Å². The first-order valence-corrected chi connectivity index (χ1v) is 14.8. The number of hydrogen-bond acceptors (Lipinski definition) is 6. The maximum atomic E-state index is 13.9. The van der Waals surface area contributed by atoms with E-state index < -0.39 is 6.04 Å². The minimum Gasteiger partial charge on any atom is -0.494 e. The molecule has 4 aromatic rings. The second kappa shape index (κ2) is 12.9. The molecule has 1 amide bonds. The van der Waals surface area contributed by atoms with Crippen LogP contribution in [0, 0.1) is 6.92 Å². The van der Waals surface area contributed by atoms with Crippen molar-refractivity contribution in [2.75, 3.05) is 27.4 Å². The van der Waals surface area contributed by atoms with Gasteiger partial charge in [-0.3, -0.25) is 9.59 Å². The minimum atomic E-state index is -0.619. The number of aryl methyl sites for hydroxylation is 1. The van der Waals surface area contributed by atoms with Crippen molar-refractivity contribution in [3.8, 4) is 17.2 Å². The van der Waals surface area contributed by atoms with E-state index in [4.69, 9.17) is 30.2 Å². The summed E-state index contributed by atoms with van der Waals surface area (Å²) in [5.74, 6) is 1.75. The van der Waals surface area contributed by atoms with Gasteiger partial charge in [-0.25, -0.2) is 0 Å². The van der Waals surface area contributed by atoms with Crippen molar-refractivity contribution in [3.05, 3.63) is 97.9 Å². The number of carbonyl (C=O) groups excluding carboxylic acids is 1. The fraction of sp³-hybridized carbons (Fsp3) is 0.353. The first-order chi connectivity index (χ1) is 20.4. The Morgan fingerprint density at radius 3 is 2.40 bits per heavy atom. The van der Waals surface area contributed by atoms with E-state index in [2.05, 4.69) is 6.92 Å². The quantitative estimate of drug-likeness (QED) is 0.159. The topological polar surface area (TPSA) is 78.2 Å². The minimum absolute atomic E-state index is 0.0720. The summed E-state index contributed by atoms with van der Waals surface area (Å²) in [6.07, 6.45) is 5.04. The number of rotatable bonds is 12. The maximum Gasteiger partial charge on any atom is 0.290 e. The molecule has 0 saturated carbocycles. The lowest BCUT2D eigenvalue weighted by Gasteiger charge is -2.25. The molecule has 0 N–H and O–H groups in total. The zero-order valence-electron chi connectivity index (χ0n) is 24.5. The lowest BCUT2D eigenvalue weighted by Crippen LogP contribution is -2.31. The Labute approximate surface area is 250 Å². The van der Waals surface area contributed by atoms with Crippen molar-refractivity contribution < 1.29 is 23.4 Å². The number of ether oxygens (including phenoxy) is 3. The van der Waals surface area contributed by atoms with Gasteiger partial charge < -0.3 is 23.5 Å². The van der Waals surface area contributed by atoms with Gasteiger partial charge in [-0.1, -0.05) is 56.0 Å². The number of fused-ring (bicyclic) bond motifs is 2. The molecule has 220 valence electrons. The Kier molecular flexibility index (Phi) is 9.07. The largest absolute Gasteiger partial charge is 0.494 e. The van der Waals surface area contributed by atoms with Gasteiger partial charge in [-0.15, -0.1) is 0 Å². The van der Waals surface area contributed by atoms with Crippen LogP contribution in [0.15, 0.2) is 63.8 Å². The first-order valence-electron chi connectivity index (χ1n) is 14.4. The summed E-state index contributed by atoms with van der Waals surface area (Å²) < 4.78 is 22.9. The van der Waals surface area contributed by atoms with E-state index in [0.29, 0.717) is 52.6 Å². The summed E-state index contributed by atoms with van der Waals surface area (Å²) in [5, 5.41) is 0.831. The van der Waals surface area contributed by atoms with Crippen molar-refractivity contribution in [3.63, 3.8) is 0 Å². The number of benzene rings is 3. The zero-order chi connectivity index (χ0) is 29.8. The van der Waals surface area contributed by atoms with Gasteiger partial charge in [0.2, 0.25) is 5.76 Å². The molecule has 0 saturated heterocycles. The molecule has 1 atom stereocenters. The molecule has 2 heterocycles. The average molecular weight is 590 g/mol. The Morgan fingerprint density at radius 1 is 0.929 bits per heavy atom. The summed E-state index contributed by atoms with van der Waals surface area (Å²) in [6, 6.07) is 16.0. The van der Waals surface area contributed by atoms with E-state index in [-0.39, 0.29) is 17.1 Å². The predicted molar refractivity (Wildman–Crippen MR) is 164 cm³/mol. The molecule has 5 rings (SSSR count). The molecule has 42 heavy (non-hydrogen) atoms. The number of unbranched alkanes of at least 4 members (excludes halogenated alkanes) is 3. The molecule has 3 aromatic carbocycles. The second-order valence-electron chi connectivity index (χ2n) is 10.6. The Morgan fingerprint density at radius 2 is 1.69 bits per heavy atom. The fourth-order valence-electron chi connectivity index (χ4n) is 5.47. The number of amides is 1. The van der Waals surface area contributed by atoms with E-state index in [0.717, 1.165) is 35.3 Å². The third-order valence-corrected chi connectivity index (χ3v) is 8.21. The van der Waals surface area contributed by atoms with Crippen molar-refractivity contribution in [1.29, 1.82) is 0 Å². The zero-order valence-corrected chi connectivity index (χ0v) is 25.3. The molecule has 0 radical (unpaired) electrons. The first kappa shape index (κ1) is 29.5. The normalized spacial score (nSPS) is 14.4. The molecule has 7 nitrogen and oxygen atoms in total. The molecular formula is C34H36ClNO6. The monoisotopic (exact) mass is 589 g/mol. The summed E-state index contributed by atoms with van der Waals surface area (Å²) >= 11 is 6.38. The van der Waals surface area contributed by atoms with Crippen LogP contribution in [0.1, 0.15) is 71.5 Å². The van der Waals surface area contributed by atoms with E-state index in [9.17, 15) is 9.59 Å². The van der Waals surface area contributed by atoms with Gasteiger partial charge in [0, 0.05) is 11.6 Å². The van der Waals surface area contributed by atoms with Crippen molar-refractivity contribution in [1.82, 2.24) is 4.90 Å². The van der Waals surface area contributed by atoms with Crippen molar-refractivity contribution in [2.24, 2.45) is 0 Å². The Hall–Kier alpha value is -3.97. The third kappa shape index (κ3) is 5.84. The van der Waals surface area contributed by atoms with Gasteiger partial charge in [-0.2, -0.15) is 0 Å². The highest BCUT2D eigenvalue weighted by Gasteiger charge is 2.42. The molecule has 1 unspecified atom stereocenters. The molecule has 8 heteroatoms. The Balaban J connectivity index is 1.50. The van der Waals surface area contributed by atoms with Crippen LogP contribution in [0.2, 0.25) is 5.02 Å². The SMILES string of the molecule is CCCCCCOc1ccc(C2c3c(oc4cc(C)c(Cl)cc4c3=O)C(=O)N2CCc2ccc(OC)c(OC)c2)cc1. The summed E-state index contributed by atoms with van der Waals surface area (Å²) in [4.78, 5) is 29.5. The van der Waals surface area contributed by atoms with Crippen LogP contribution in [0.3, 0.4) is 0 Å². The molecule has 0 fully saturated rings. The smallest absolute Gasteiger partial charge is 0.290 e. The van der Waals surface area contributed by atoms with Gasteiger partial charge in [-0.05, 0) is 72.9 Å². The molecule has 1 aliphatic rings. The molecule has 0 aliphatic carbocycles. The summed E-state index contributed by atoms with van der Waals surface area (Å²) in [6.45, 7) is 5.02. The number of carbonyl (C=O) groups is 1. The maximum absolute atomic E-state index is 13.9. The molecule has 1 aromatic heterocycles. The Bertz CT molecular complexity index is 1650. The van der Waals surface area contributed by atoms with Crippen molar-refractivity contribution in [2.45, 2.75) is 52.0 Å². The van der Waals surface area contributed by atoms with Crippen LogP contribution in [-0.4, -0.2) is 38.2 Å². The number of halogens is 1. The summed E-state index contributed by atoms with van der Waals surface area (Å²) in [5.41, 5.74) is 2.96. The van der Waals surface area contributed by atoms with Gasteiger partial charge in [0.1, 0.15) is 11.3 Å². The van der Waals surface area contributed by atoms with Crippen LogP contribution in [-0.2, 0) is 6.42 Å². The molecule has 0 spiro atoms. The fourth-order valence-corrected chi connectivity index (χ4v) is 5.63. The van der Waals surface area contributed by atoms with Crippen LogP contribution in [0.5, 0.6) is 17.2 Å². The van der Waals surface area contributed by atoms with Gasteiger partial charge >= 0.3 is 0 Å². The molecule has 1 aliphatic heterocycles. The van der Waals surface area contributed by atoms with E-state index in [1.165, 1.54) is 12.8 Å². The van der Waals surface area contributed by atoms with Crippen LogP contribution >= 0.6 is 11.6 Å². The third-order valence-electron chi connectivity index (χ3n) is 7.80. The standard InChI is InChI=1S/C34H36ClNO6/c1-5-6-7-8-17-41-24-12-10-23(11-13-24)31-30-32(37)25-20-26(35)21(2)18-28(25)42-33(30)34(38)36(31)16-15-22-9-14-27(39-3)29(19-22)40-4/h9-14,18-20,31H,5-8,15-17H2,1-4H3. The predicted octanol–water partition coefficient (Wildman–Crippen LogP) is 7.52. The van der Waals surface area contributed by atoms with E-state index in [1.54, 1.807) is 31.3 Å². The van der Waals surface area contributed by atoms with Crippen molar-refractivity contribution >= 4 is 28.5 Å². The second-order valence-corrected chi connectivity index (χ2v) is 11.0. The number of methoxy groups -OCH3 is 2. The highest BCUT2D eigenvalue weighted by atomic mass is 35.5. The lowest BCUT2D eigenvalue weighted by atomic mass is 9.98.